The van der Waals surface area contributed by atoms with Gasteiger partial charge in [-0.2, -0.15) is 0 Å². The van der Waals surface area contributed by atoms with Gasteiger partial charge in [0.15, 0.2) is 0 Å². The van der Waals surface area contributed by atoms with Gasteiger partial charge in [0, 0.05) is 10.4 Å². The molecule has 0 aliphatic carbocycles. The number of para-hydroxylation sites is 1. The number of aromatic nitrogens is 1. The fourth-order valence-corrected chi connectivity index (χ4v) is 3.48. The molecule has 0 aliphatic heterocycles. The zero-order valence-corrected chi connectivity index (χ0v) is 17.0. The van der Waals surface area contributed by atoms with Crippen molar-refractivity contribution in [2.75, 3.05) is 0 Å². The Hall–Kier alpha value is -2.76. The second-order valence-electron chi connectivity index (χ2n) is 7.33. The van der Waals surface area contributed by atoms with Crippen molar-refractivity contribution in [1.82, 2.24) is 9.99 Å². The topological polar surface area (TPSA) is 76.3 Å². The van der Waals surface area contributed by atoms with E-state index in [4.69, 9.17) is 17.4 Å². The Morgan fingerprint density at radius 1 is 1.04 bits per heavy atom. The van der Waals surface area contributed by atoms with Gasteiger partial charge in [-0.15, -0.1) is 0 Å². The van der Waals surface area contributed by atoms with Crippen molar-refractivity contribution in [3.63, 3.8) is 0 Å². The number of carbonyl (C=O) groups excluding carboxylic acids is 2. The van der Waals surface area contributed by atoms with Crippen molar-refractivity contribution >= 4 is 34.3 Å². The number of hydrogen-bond acceptors (Lipinski definition) is 4. The lowest BCUT2D eigenvalue weighted by molar-refractivity contribution is -0.133. The highest BCUT2D eigenvalue weighted by Crippen LogP contribution is 2.28. The molecule has 6 heteroatoms. The molecule has 28 heavy (non-hydrogen) atoms. The summed E-state index contributed by atoms with van der Waals surface area (Å²) in [5, 5.41) is 2.12. The highest BCUT2D eigenvalue weighted by atomic mass is 35.5. The molecular weight excluding hydrogens is 374 g/mol. The van der Waals surface area contributed by atoms with Crippen LogP contribution in [0.25, 0.3) is 10.9 Å². The van der Waals surface area contributed by atoms with Crippen LogP contribution in [-0.2, 0) is 10.2 Å². The summed E-state index contributed by atoms with van der Waals surface area (Å²) < 4.78 is 0. The number of hydrogen-bond donors (Lipinski definition) is 1. The quantitative estimate of drug-likeness (QED) is 0.407. The molecular formula is C22H22ClN3O2. The normalized spacial score (nSPS) is 11.5. The average molecular weight is 396 g/mol. The maximum atomic E-state index is 13.1. The molecule has 2 aromatic carbocycles. The van der Waals surface area contributed by atoms with Gasteiger partial charge in [-0.25, -0.2) is 10.9 Å². The van der Waals surface area contributed by atoms with Gasteiger partial charge < -0.3 is 0 Å². The van der Waals surface area contributed by atoms with E-state index >= 15 is 0 Å². The number of amides is 2. The first-order chi connectivity index (χ1) is 13.1. The summed E-state index contributed by atoms with van der Waals surface area (Å²) in [6, 6.07) is 14.5. The van der Waals surface area contributed by atoms with Crippen LogP contribution in [0.1, 0.15) is 41.0 Å². The maximum Gasteiger partial charge on any atom is 0.277 e. The summed E-state index contributed by atoms with van der Waals surface area (Å²) in [5.74, 6) is 4.93. The lowest BCUT2D eigenvalue weighted by Crippen LogP contribution is -2.51. The summed E-state index contributed by atoms with van der Waals surface area (Å²) in [4.78, 5) is 30.7. The highest BCUT2D eigenvalue weighted by Gasteiger charge is 2.36. The van der Waals surface area contributed by atoms with Crippen LogP contribution < -0.4 is 5.84 Å². The monoisotopic (exact) mass is 395 g/mol. The third-order valence-corrected chi connectivity index (χ3v) is 5.34. The van der Waals surface area contributed by atoms with Crippen LogP contribution in [0.5, 0.6) is 0 Å². The number of benzene rings is 2. The molecule has 0 atom stereocenters. The minimum atomic E-state index is -0.999. The van der Waals surface area contributed by atoms with Crippen molar-refractivity contribution in [3.8, 4) is 0 Å². The molecule has 0 bridgehead atoms. The van der Waals surface area contributed by atoms with Gasteiger partial charge >= 0.3 is 0 Å². The number of aryl methyl sites for hydroxylation is 2. The van der Waals surface area contributed by atoms with Crippen LogP contribution in [0, 0.1) is 13.8 Å². The van der Waals surface area contributed by atoms with Gasteiger partial charge in [0.2, 0.25) is 0 Å². The number of hydrazine groups is 1. The molecule has 0 fully saturated rings. The highest BCUT2D eigenvalue weighted by molar-refractivity contribution is 6.30. The van der Waals surface area contributed by atoms with E-state index in [1.807, 2.05) is 31.2 Å². The number of nitrogens with zero attached hydrogens (tertiary/aromatic N) is 2. The Labute approximate surface area is 169 Å². The Balaban J connectivity index is 1.99. The summed E-state index contributed by atoms with van der Waals surface area (Å²) in [6.07, 6.45) is 0. The molecule has 0 spiro atoms. The van der Waals surface area contributed by atoms with Crippen molar-refractivity contribution < 1.29 is 9.59 Å². The standard InChI is InChI=1S/C22H22ClN3O2/c1-13-17-7-5-6-8-18(17)25-14(2)19(13)20(27)26(24)21(28)22(3,4)15-9-11-16(23)12-10-15/h5-12H,24H2,1-4H3. The van der Waals surface area contributed by atoms with Crippen LogP contribution >= 0.6 is 11.6 Å². The van der Waals surface area contributed by atoms with Gasteiger partial charge in [-0.05, 0) is 57.0 Å². The van der Waals surface area contributed by atoms with E-state index in [1.165, 1.54) is 0 Å². The predicted molar refractivity (Wildman–Crippen MR) is 111 cm³/mol. The predicted octanol–water partition coefficient (Wildman–Crippen LogP) is 4.33. The third kappa shape index (κ3) is 3.39. The Morgan fingerprint density at radius 2 is 1.64 bits per heavy atom. The zero-order valence-electron chi connectivity index (χ0n) is 16.3. The van der Waals surface area contributed by atoms with Crippen LogP contribution in [0.3, 0.4) is 0 Å². The van der Waals surface area contributed by atoms with E-state index in [-0.39, 0.29) is 0 Å². The third-order valence-electron chi connectivity index (χ3n) is 5.09. The fourth-order valence-electron chi connectivity index (χ4n) is 3.35. The fraction of sp³-hybridized carbons (Fsp3) is 0.227. The van der Waals surface area contributed by atoms with Crippen LogP contribution in [0.15, 0.2) is 48.5 Å². The molecule has 0 radical (unpaired) electrons. The second-order valence-corrected chi connectivity index (χ2v) is 7.76. The van der Waals surface area contributed by atoms with E-state index in [2.05, 4.69) is 4.98 Å². The van der Waals surface area contributed by atoms with E-state index in [0.29, 0.717) is 21.3 Å². The Kier molecular flexibility index (Phi) is 5.24. The SMILES string of the molecule is Cc1nc2ccccc2c(C)c1C(=O)N(N)C(=O)C(C)(C)c1ccc(Cl)cc1. The zero-order chi connectivity index (χ0) is 20.6. The molecule has 0 aliphatic rings. The van der Waals surface area contributed by atoms with Crippen molar-refractivity contribution in [2.45, 2.75) is 33.1 Å². The van der Waals surface area contributed by atoms with Crippen molar-refractivity contribution in [2.24, 2.45) is 5.84 Å². The first kappa shape index (κ1) is 20.0. The molecule has 144 valence electrons. The van der Waals surface area contributed by atoms with E-state index in [1.54, 1.807) is 45.0 Å². The molecule has 5 nitrogen and oxygen atoms in total. The number of pyridine rings is 1. The molecule has 3 rings (SSSR count). The van der Waals surface area contributed by atoms with Gasteiger partial charge in [0.25, 0.3) is 11.8 Å². The summed E-state index contributed by atoms with van der Waals surface area (Å²) >= 11 is 5.94. The summed E-state index contributed by atoms with van der Waals surface area (Å²) in [5.41, 5.74) is 2.15. The van der Waals surface area contributed by atoms with Crippen molar-refractivity contribution in [1.29, 1.82) is 0 Å². The van der Waals surface area contributed by atoms with Crippen LogP contribution in [0.4, 0.5) is 0 Å². The Morgan fingerprint density at radius 3 is 2.29 bits per heavy atom. The van der Waals surface area contributed by atoms with Gasteiger partial charge in [-0.3, -0.25) is 14.6 Å². The molecule has 0 saturated carbocycles. The Bertz CT molecular complexity index is 1080. The molecule has 1 heterocycles. The molecule has 0 saturated heterocycles. The van der Waals surface area contributed by atoms with Gasteiger partial charge in [0.05, 0.1) is 22.2 Å². The minimum absolute atomic E-state index is 0.349. The summed E-state index contributed by atoms with van der Waals surface area (Å²) in [6.45, 7) is 7.04. The molecule has 1 aromatic heterocycles. The summed E-state index contributed by atoms with van der Waals surface area (Å²) in [7, 11) is 0. The molecule has 3 aromatic rings. The maximum absolute atomic E-state index is 13.1. The molecule has 0 unspecified atom stereocenters. The molecule has 2 amide bonds. The number of rotatable bonds is 3. The first-order valence-corrected chi connectivity index (χ1v) is 9.28. The second kappa shape index (κ2) is 7.34. The first-order valence-electron chi connectivity index (χ1n) is 8.90. The lowest BCUT2D eigenvalue weighted by atomic mass is 9.83. The lowest BCUT2D eigenvalue weighted by Gasteiger charge is -2.29. The number of fused-ring (bicyclic) bond motifs is 1. The van der Waals surface area contributed by atoms with E-state index in [0.717, 1.165) is 22.0 Å². The number of carbonyl (C=O) groups is 2. The van der Waals surface area contributed by atoms with Crippen molar-refractivity contribution in [3.05, 3.63) is 75.9 Å². The average Bonchev–Trinajstić information content (AvgIpc) is 2.67. The van der Waals surface area contributed by atoms with Gasteiger partial charge in [-0.1, -0.05) is 41.9 Å². The minimum Gasteiger partial charge on any atom is -0.272 e. The largest absolute Gasteiger partial charge is 0.277 e. The smallest absolute Gasteiger partial charge is 0.272 e. The number of halogens is 1. The number of imide groups is 1. The van der Waals surface area contributed by atoms with Crippen LogP contribution in [-0.4, -0.2) is 21.8 Å². The van der Waals surface area contributed by atoms with E-state index in [9.17, 15) is 9.59 Å². The van der Waals surface area contributed by atoms with Gasteiger partial charge in [0.1, 0.15) is 0 Å². The molecule has 2 N–H and O–H groups in total. The van der Waals surface area contributed by atoms with Crippen LogP contribution in [0.2, 0.25) is 5.02 Å². The van der Waals surface area contributed by atoms with E-state index < -0.39 is 17.2 Å². The number of nitrogens with two attached hydrogens (primary N) is 1.